The molecule has 0 atom stereocenters. The predicted molar refractivity (Wildman–Crippen MR) is 62.9 cm³/mol. The van der Waals surface area contributed by atoms with Crippen LogP contribution in [0.15, 0.2) is 0 Å². The average Bonchev–Trinajstić information content (AvgIpc) is 2.14. The molecule has 0 heterocycles. The molecule has 0 rings (SSSR count). The molecule has 0 aromatic rings. The summed E-state index contributed by atoms with van der Waals surface area (Å²) in [6.07, 6.45) is 10.3. The molecule has 82 valence electrons. The molecular weight excluding hydrogens is 243 g/mol. The van der Waals surface area contributed by atoms with Crippen molar-refractivity contribution in [2.45, 2.75) is 47.0 Å². The summed E-state index contributed by atoms with van der Waals surface area (Å²) in [7, 11) is -0.469. The molecular formula is C11H26BrP. The average molecular weight is 269 g/mol. The predicted octanol–water partition coefficient (Wildman–Crippen LogP) is 1.26. The van der Waals surface area contributed by atoms with Gasteiger partial charge < -0.3 is 17.0 Å². The lowest BCUT2D eigenvalue weighted by atomic mass is 10.3. The minimum Gasteiger partial charge on any atom is -1.00 e. The van der Waals surface area contributed by atoms with Crippen molar-refractivity contribution >= 4 is 7.26 Å². The van der Waals surface area contributed by atoms with Crippen molar-refractivity contribution in [1.82, 2.24) is 0 Å². The van der Waals surface area contributed by atoms with E-state index in [1.54, 1.807) is 6.16 Å². The zero-order valence-corrected chi connectivity index (χ0v) is 12.3. The molecule has 0 N–H and O–H groups in total. The van der Waals surface area contributed by atoms with Gasteiger partial charge in [-0.15, -0.1) is 0 Å². The maximum Gasteiger partial charge on any atom is 0.0594 e. The van der Waals surface area contributed by atoms with Gasteiger partial charge in [0.2, 0.25) is 0 Å². The third-order valence-electron chi connectivity index (χ3n) is 3.25. The van der Waals surface area contributed by atoms with Crippen LogP contribution < -0.4 is 17.0 Å². The first-order valence-electron chi connectivity index (χ1n) is 5.59. The van der Waals surface area contributed by atoms with E-state index in [0.29, 0.717) is 0 Å². The Bertz CT molecular complexity index is 92.0. The van der Waals surface area contributed by atoms with Crippen molar-refractivity contribution in [3.8, 4) is 0 Å². The second-order valence-corrected chi connectivity index (χ2v) is 8.75. The second kappa shape index (κ2) is 9.46. The fourth-order valence-electron chi connectivity index (χ4n) is 1.84. The zero-order chi connectivity index (χ0) is 9.45. The van der Waals surface area contributed by atoms with Gasteiger partial charge in [0.05, 0.1) is 24.6 Å². The summed E-state index contributed by atoms with van der Waals surface area (Å²) in [5, 5.41) is 0. The molecule has 0 saturated carbocycles. The Labute approximate surface area is 96.0 Å². The van der Waals surface area contributed by atoms with Gasteiger partial charge in [-0.2, -0.15) is 0 Å². The van der Waals surface area contributed by atoms with Crippen LogP contribution in [-0.2, 0) is 0 Å². The Morgan fingerprint density at radius 1 is 0.769 bits per heavy atom. The molecule has 0 aliphatic heterocycles. The van der Waals surface area contributed by atoms with Gasteiger partial charge in [0, 0.05) is 7.26 Å². The fourth-order valence-corrected chi connectivity index (χ4v) is 5.03. The number of rotatable bonds is 7. The van der Waals surface area contributed by atoms with Crippen LogP contribution in [0.1, 0.15) is 47.0 Å². The Balaban J connectivity index is 0. The van der Waals surface area contributed by atoms with Gasteiger partial charge in [0.1, 0.15) is 0 Å². The summed E-state index contributed by atoms with van der Waals surface area (Å²) in [5.74, 6) is 0. The van der Waals surface area contributed by atoms with Gasteiger partial charge in [-0.3, -0.25) is 0 Å². The summed E-state index contributed by atoms with van der Waals surface area (Å²) in [5.41, 5.74) is 0. The van der Waals surface area contributed by atoms with E-state index in [-0.39, 0.29) is 17.0 Å². The molecule has 13 heavy (non-hydrogen) atoms. The first kappa shape index (κ1) is 16.3. The van der Waals surface area contributed by atoms with E-state index in [1.807, 2.05) is 0 Å². The SMILES string of the molecule is CCCCC[P+](CC)(CC)CC.[Br-]. The van der Waals surface area contributed by atoms with Crippen molar-refractivity contribution < 1.29 is 17.0 Å². The molecule has 0 unspecified atom stereocenters. The summed E-state index contributed by atoms with van der Waals surface area (Å²) in [6.45, 7) is 9.48. The molecule has 0 amide bonds. The summed E-state index contributed by atoms with van der Waals surface area (Å²) in [6, 6.07) is 0. The van der Waals surface area contributed by atoms with Gasteiger partial charge in [-0.25, -0.2) is 0 Å². The fraction of sp³-hybridized carbons (Fsp3) is 1.00. The molecule has 0 aromatic heterocycles. The molecule has 0 aliphatic rings. The highest BCUT2D eigenvalue weighted by Crippen LogP contribution is 2.58. The Hall–Kier alpha value is 0.910. The minimum absolute atomic E-state index is 0. The van der Waals surface area contributed by atoms with Crippen molar-refractivity contribution in [2.24, 2.45) is 0 Å². The lowest BCUT2D eigenvalue weighted by molar-refractivity contribution is -0.00000289. The minimum atomic E-state index is -0.469. The summed E-state index contributed by atoms with van der Waals surface area (Å²) < 4.78 is 0. The van der Waals surface area contributed by atoms with E-state index in [2.05, 4.69) is 27.7 Å². The van der Waals surface area contributed by atoms with Crippen LogP contribution in [0, 0.1) is 0 Å². The monoisotopic (exact) mass is 268 g/mol. The van der Waals surface area contributed by atoms with E-state index in [9.17, 15) is 0 Å². The molecule has 0 radical (unpaired) electrons. The van der Waals surface area contributed by atoms with Gasteiger partial charge in [0.25, 0.3) is 0 Å². The van der Waals surface area contributed by atoms with Crippen LogP contribution in [0.2, 0.25) is 0 Å². The van der Waals surface area contributed by atoms with Crippen LogP contribution in [0.4, 0.5) is 0 Å². The van der Waals surface area contributed by atoms with E-state index >= 15 is 0 Å². The van der Waals surface area contributed by atoms with Gasteiger partial charge in [-0.1, -0.05) is 19.8 Å². The molecule has 0 nitrogen and oxygen atoms in total. The molecule has 0 spiro atoms. The highest BCUT2D eigenvalue weighted by Gasteiger charge is 2.29. The van der Waals surface area contributed by atoms with Crippen LogP contribution in [0.25, 0.3) is 0 Å². The third-order valence-corrected chi connectivity index (χ3v) is 8.54. The maximum atomic E-state index is 2.40. The molecule has 0 bridgehead atoms. The van der Waals surface area contributed by atoms with Crippen molar-refractivity contribution in [2.75, 3.05) is 24.6 Å². The maximum absolute atomic E-state index is 2.40. The summed E-state index contributed by atoms with van der Waals surface area (Å²) >= 11 is 0. The lowest BCUT2D eigenvalue weighted by Gasteiger charge is -2.23. The highest BCUT2D eigenvalue weighted by molar-refractivity contribution is 7.75. The lowest BCUT2D eigenvalue weighted by Crippen LogP contribution is -3.00. The Kier molecular flexibility index (Phi) is 11.9. The van der Waals surface area contributed by atoms with Crippen LogP contribution in [-0.4, -0.2) is 24.6 Å². The third kappa shape index (κ3) is 6.07. The quantitative estimate of drug-likeness (QED) is 0.482. The van der Waals surface area contributed by atoms with Crippen LogP contribution in [0.3, 0.4) is 0 Å². The smallest absolute Gasteiger partial charge is 0.0594 e. The van der Waals surface area contributed by atoms with E-state index in [0.717, 1.165) is 0 Å². The number of hydrogen-bond donors (Lipinski definition) is 0. The molecule has 0 fully saturated rings. The van der Waals surface area contributed by atoms with Crippen LogP contribution >= 0.6 is 7.26 Å². The van der Waals surface area contributed by atoms with Gasteiger partial charge in [0.15, 0.2) is 0 Å². The summed E-state index contributed by atoms with van der Waals surface area (Å²) in [4.78, 5) is 0. The zero-order valence-electron chi connectivity index (χ0n) is 9.77. The molecule has 2 heteroatoms. The molecule has 0 saturated heterocycles. The second-order valence-electron chi connectivity index (χ2n) is 3.72. The van der Waals surface area contributed by atoms with Crippen molar-refractivity contribution in [3.63, 3.8) is 0 Å². The largest absolute Gasteiger partial charge is 1.00 e. The topological polar surface area (TPSA) is 0 Å². The van der Waals surface area contributed by atoms with Crippen molar-refractivity contribution in [1.29, 1.82) is 0 Å². The van der Waals surface area contributed by atoms with E-state index in [4.69, 9.17) is 0 Å². The molecule has 0 aliphatic carbocycles. The first-order chi connectivity index (χ1) is 5.74. The first-order valence-corrected chi connectivity index (χ1v) is 8.12. The normalized spacial score (nSPS) is 11.1. The van der Waals surface area contributed by atoms with E-state index < -0.39 is 7.26 Å². The standard InChI is InChI=1S/C11H26P.BrH/c1-5-9-10-11-12(6-2,7-3)8-4;/h5-11H2,1-4H3;1H/q+1;/p-1. The van der Waals surface area contributed by atoms with E-state index in [1.165, 1.54) is 37.7 Å². The van der Waals surface area contributed by atoms with Gasteiger partial charge >= 0.3 is 0 Å². The van der Waals surface area contributed by atoms with Crippen molar-refractivity contribution in [3.05, 3.63) is 0 Å². The number of halogens is 1. The number of unbranched alkanes of at least 4 members (excludes halogenated alkanes) is 2. The molecule has 0 aromatic carbocycles. The van der Waals surface area contributed by atoms with Gasteiger partial charge in [-0.05, 0) is 27.2 Å². The number of hydrogen-bond acceptors (Lipinski definition) is 0. The Morgan fingerprint density at radius 2 is 1.23 bits per heavy atom. The van der Waals surface area contributed by atoms with Crippen LogP contribution in [0.5, 0.6) is 0 Å². The Morgan fingerprint density at radius 3 is 1.54 bits per heavy atom. The highest BCUT2D eigenvalue weighted by atomic mass is 79.9.